The van der Waals surface area contributed by atoms with Gasteiger partial charge in [0.15, 0.2) is 0 Å². The van der Waals surface area contributed by atoms with Crippen LogP contribution in [0, 0.1) is 11.8 Å². The molecule has 1 fully saturated rings. The van der Waals surface area contributed by atoms with Gasteiger partial charge in [-0.3, -0.25) is 0 Å². The lowest BCUT2D eigenvalue weighted by Crippen LogP contribution is -2.35. The van der Waals surface area contributed by atoms with Crippen molar-refractivity contribution in [3.05, 3.63) is 18.2 Å². The molecule has 1 aromatic carbocycles. The molecule has 20 heavy (non-hydrogen) atoms. The molecule has 1 aliphatic rings. The summed E-state index contributed by atoms with van der Waals surface area (Å²) >= 11 is 0. The molecule has 3 nitrogen and oxygen atoms in total. The number of ether oxygens (including phenoxy) is 1. The third-order valence-electron chi connectivity index (χ3n) is 4.44. The van der Waals surface area contributed by atoms with E-state index in [1.54, 1.807) is 0 Å². The molecular formula is C17H28N2O. The number of rotatable bonds is 4. The largest absolute Gasteiger partial charge is 0.489 e. The summed E-state index contributed by atoms with van der Waals surface area (Å²) in [4.78, 5) is 0. The molecule has 112 valence electrons. The fraction of sp³-hybridized carbons (Fsp3) is 0.647. The molecule has 0 saturated heterocycles. The van der Waals surface area contributed by atoms with Crippen LogP contribution in [0.5, 0.6) is 5.75 Å². The third-order valence-corrected chi connectivity index (χ3v) is 4.44. The van der Waals surface area contributed by atoms with Crippen molar-refractivity contribution < 1.29 is 4.74 Å². The summed E-state index contributed by atoms with van der Waals surface area (Å²) in [6.07, 6.45) is 4.05. The van der Waals surface area contributed by atoms with Gasteiger partial charge in [-0.05, 0) is 44.2 Å². The van der Waals surface area contributed by atoms with Gasteiger partial charge in [0.2, 0.25) is 0 Å². The van der Waals surface area contributed by atoms with E-state index >= 15 is 0 Å². The highest BCUT2D eigenvalue weighted by molar-refractivity contribution is 5.61. The molecule has 1 saturated carbocycles. The van der Waals surface area contributed by atoms with Gasteiger partial charge in [-0.15, -0.1) is 0 Å². The van der Waals surface area contributed by atoms with Crippen LogP contribution in [0.4, 0.5) is 11.4 Å². The van der Waals surface area contributed by atoms with E-state index in [1.807, 2.05) is 26.0 Å². The highest BCUT2D eigenvalue weighted by Crippen LogP contribution is 2.33. The predicted molar refractivity (Wildman–Crippen MR) is 86.2 cm³/mol. The first-order chi connectivity index (χ1) is 9.47. The molecule has 3 atom stereocenters. The molecule has 2 rings (SSSR count). The van der Waals surface area contributed by atoms with Gasteiger partial charge >= 0.3 is 0 Å². The van der Waals surface area contributed by atoms with E-state index in [1.165, 1.54) is 19.3 Å². The van der Waals surface area contributed by atoms with Crippen molar-refractivity contribution in [3.63, 3.8) is 0 Å². The zero-order valence-corrected chi connectivity index (χ0v) is 13.1. The van der Waals surface area contributed by atoms with Crippen molar-refractivity contribution >= 4 is 11.4 Å². The third kappa shape index (κ3) is 3.59. The van der Waals surface area contributed by atoms with Crippen molar-refractivity contribution in [2.75, 3.05) is 11.1 Å². The van der Waals surface area contributed by atoms with Crippen molar-refractivity contribution in [1.82, 2.24) is 0 Å². The second-order valence-electron chi connectivity index (χ2n) is 6.44. The molecule has 1 aliphatic carbocycles. The van der Waals surface area contributed by atoms with E-state index < -0.39 is 0 Å². The van der Waals surface area contributed by atoms with Gasteiger partial charge in [-0.1, -0.05) is 26.7 Å². The highest BCUT2D eigenvalue weighted by Gasteiger charge is 2.26. The SMILES string of the molecule is CC(C)Oc1cc(NC2CCCC(C)C2C)ccc1N. The molecule has 3 heteroatoms. The van der Waals surface area contributed by atoms with Gasteiger partial charge in [0, 0.05) is 17.8 Å². The van der Waals surface area contributed by atoms with E-state index in [2.05, 4.69) is 25.2 Å². The summed E-state index contributed by atoms with van der Waals surface area (Å²) in [5.41, 5.74) is 7.78. The minimum atomic E-state index is 0.140. The number of hydrogen-bond acceptors (Lipinski definition) is 3. The number of nitrogen functional groups attached to an aromatic ring is 1. The second kappa shape index (κ2) is 6.38. The van der Waals surface area contributed by atoms with Gasteiger partial charge < -0.3 is 15.8 Å². The Kier molecular flexibility index (Phi) is 4.79. The van der Waals surface area contributed by atoms with Crippen LogP contribution < -0.4 is 15.8 Å². The Morgan fingerprint density at radius 3 is 2.70 bits per heavy atom. The van der Waals surface area contributed by atoms with Crippen molar-refractivity contribution in [3.8, 4) is 5.75 Å². The lowest BCUT2D eigenvalue weighted by Gasteiger charge is -2.35. The van der Waals surface area contributed by atoms with Gasteiger partial charge in [-0.25, -0.2) is 0 Å². The standard InChI is InChI=1S/C17H28N2O/c1-11(2)20-17-10-14(8-9-15(17)18)19-16-7-5-6-12(3)13(16)4/h8-13,16,19H,5-7,18H2,1-4H3. The second-order valence-corrected chi connectivity index (χ2v) is 6.44. The molecule has 0 bridgehead atoms. The fourth-order valence-corrected chi connectivity index (χ4v) is 2.98. The molecule has 0 amide bonds. The van der Waals surface area contributed by atoms with E-state index in [9.17, 15) is 0 Å². The Hall–Kier alpha value is -1.38. The van der Waals surface area contributed by atoms with Gasteiger partial charge in [0.05, 0.1) is 11.8 Å². The Balaban J connectivity index is 2.09. The minimum absolute atomic E-state index is 0.140. The van der Waals surface area contributed by atoms with E-state index in [-0.39, 0.29) is 6.10 Å². The molecule has 0 heterocycles. The zero-order valence-electron chi connectivity index (χ0n) is 13.1. The van der Waals surface area contributed by atoms with Gasteiger partial charge in [0.25, 0.3) is 0 Å². The molecule has 1 aromatic rings. The Labute approximate surface area is 122 Å². The van der Waals surface area contributed by atoms with Crippen LogP contribution in [0.2, 0.25) is 0 Å². The average molecular weight is 276 g/mol. The summed E-state index contributed by atoms with van der Waals surface area (Å²) in [7, 11) is 0. The zero-order chi connectivity index (χ0) is 14.7. The molecular weight excluding hydrogens is 248 g/mol. The molecule has 3 N–H and O–H groups in total. The number of benzene rings is 1. The van der Waals surface area contributed by atoms with Crippen molar-refractivity contribution in [1.29, 1.82) is 0 Å². The topological polar surface area (TPSA) is 47.3 Å². The Morgan fingerprint density at radius 1 is 1.25 bits per heavy atom. The number of nitrogens with two attached hydrogens (primary N) is 1. The number of anilines is 2. The van der Waals surface area contributed by atoms with Gasteiger partial charge in [-0.2, -0.15) is 0 Å². The Bertz CT molecular complexity index is 445. The lowest BCUT2D eigenvalue weighted by molar-refractivity contribution is 0.243. The monoisotopic (exact) mass is 276 g/mol. The van der Waals surface area contributed by atoms with Crippen molar-refractivity contribution in [2.24, 2.45) is 11.8 Å². The molecule has 0 radical (unpaired) electrons. The van der Waals surface area contributed by atoms with Crippen LogP contribution >= 0.6 is 0 Å². The summed E-state index contributed by atoms with van der Waals surface area (Å²) in [6, 6.07) is 6.56. The fourth-order valence-electron chi connectivity index (χ4n) is 2.98. The van der Waals surface area contributed by atoms with Crippen LogP contribution in [-0.4, -0.2) is 12.1 Å². The van der Waals surface area contributed by atoms with Crippen LogP contribution in [-0.2, 0) is 0 Å². The highest BCUT2D eigenvalue weighted by atomic mass is 16.5. The number of nitrogens with one attached hydrogen (secondary N) is 1. The maximum Gasteiger partial charge on any atom is 0.144 e. The summed E-state index contributed by atoms with van der Waals surface area (Å²) in [5, 5.41) is 3.67. The van der Waals surface area contributed by atoms with E-state index in [0.717, 1.165) is 17.4 Å². The first kappa shape index (κ1) is 15.0. The van der Waals surface area contributed by atoms with Gasteiger partial charge in [0.1, 0.15) is 5.75 Å². The maximum atomic E-state index is 5.97. The van der Waals surface area contributed by atoms with E-state index in [0.29, 0.717) is 17.6 Å². The molecule has 0 spiro atoms. The molecule has 0 aliphatic heterocycles. The minimum Gasteiger partial charge on any atom is -0.489 e. The molecule has 0 aromatic heterocycles. The summed E-state index contributed by atoms with van der Waals surface area (Å²) in [6.45, 7) is 8.74. The quantitative estimate of drug-likeness (QED) is 0.806. The smallest absolute Gasteiger partial charge is 0.144 e. The van der Waals surface area contributed by atoms with Crippen LogP contribution in [0.3, 0.4) is 0 Å². The summed E-state index contributed by atoms with van der Waals surface area (Å²) < 4.78 is 5.76. The van der Waals surface area contributed by atoms with Crippen LogP contribution in [0.25, 0.3) is 0 Å². The summed E-state index contributed by atoms with van der Waals surface area (Å²) in [5.74, 6) is 2.28. The van der Waals surface area contributed by atoms with E-state index in [4.69, 9.17) is 10.5 Å². The maximum absolute atomic E-state index is 5.97. The van der Waals surface area contributed by atoms with Crippen molar-refractivity contribution in [2.45, 2.75) is 59.1 Å². The van der Waals surface area contributed by atoms with Crippen LogP contribution in [0.15, 0.2) is 18.2 Å². The number of hydrogen-bond donors (Lipinski definition) is 2. The van der Waals surface area contributed by atoms with Crippen LogP contribution in [0.1, 0.15) is 47.0 Å². The molecule has 3 unspecified atom stereocenters. The average Bonchev–Trinajstić information content (AvgIpc) is 2.38. The first-order valence-corrected chi connectivity index (χ1v) is 7.80. The predicted octanol–water partition coefficient (Wildman–Crippen LogP) is 4.29. The normalized spacial score (nSPS) is 26.6. The lowest BCUT2D eigenvalue weighted by atomic mass is 9.78. The Morgan fingerprint density at radius 2 is 2.00 bits per heavy atom. The first-order valence-electron chi connectivity index (χ1n) is 7.80.